The van der Waals surface area contributed by atoms with Crippen LogP contribution in [0.5, 0.6) is 0 Å². The van der Waals surface area contributed by atoms with Crippen LogP contribution < -0.4 is 5.56 Å². The van der Waals surface area contributed by atoms with Crippen molar-refractivity contribution in [2.45, 2.75) is 44.2 Å². The third-order valence-electron chi connectivity index (χ3n) is 4.98. The third kappa shape index (κ3) is 2.46. The molecule has 118 valence electrons. The van der Waals surface area contributed by atoms with Crippen molar-refractivity contribution in [1.29, 1.82) is 0 Å². The maximum absolute atomic E-state index is 12.3. The second kappa shape index (κ2) is 5.85. The number of likely N-dealkylation sites (tertiary alicyclic amines) is 1. The van der Waals surface area contributed by atoms with Gasteiger partial charge in [0.25, 0.3) is 5.56 Å². The Hall–Kier alpha value is -1.66. The lowest BCUT2D eigenvalue weighted by molar-refractivity contribution is 0.00317. The molecule has 4 rings (SSSR count). The van der Waals surface area contributed by atoms with Gasteiger partial charge in [0, 0.05) is 43.4 Å². The van der Waals surface area contributed by atoms with E-state index in [2.05, 4.69) is 14.9 Å². The Balaban J connectivity index is 1.68. The van der Waals surface area contributed by atoms with Crippen LogP contribution in [0.2, 0.25) is 0 Å². The van der Waals surface area contributed by atoms with Crippen molar-refractivity contribution in [3.63, 3.8) is 0 Å². The summed E-state index contributed by atoms with van der Waals surface area (Å²) >= 11 is 0. The van der Waals surface area contributed by atoms with Crippen LogP contribution in [-0.4, -0.2) is 45.1 Å². The van der Waals surface area contributed by atoms with E-state index in [1.165, 1.54) is 12.8 Å². The van der Waals surface area contributed by atoms with Gasteiger partial charge in [-0.15, -0.1) is 0 Å². The molecule has 0 bridgehead atoms. The van der Waals surface area contributed by atoms with Gasteiger partial charge in [0.1, 0.15) is 0 Å². The molecule has 1 atom stereocenters. The first-order valence-electron chi connectivity index (χ1n) is 8.23. The van der Waals surface area contributed by atoms with E-state index in [1.54, 1.807) is 22.9 Å². The predicted molar refractivity (Wildman–Crippen MR) is 83.0 cm³/mol. The fraction of sp³-hybridized carbons (Fsp3) is 0.625. The van der Waals surface area contributed by atoms with Crippen LogP contribution in [0.3, 0.4) is 0 Å². The highest BCUT2D eigenvalue weighted by Gasteiger charge is 2.31. The first-order valence-corrected chi connectivity index (χ1v) is 8.23. The molecule has 2 aliphatic heterocycles. The van der Waals surface area contributed by atoms with Gasteiger partial charge in [-0.25, -0.2) is 4.98 Å². The number of hydrogen-bond acceptors (Lipinski definition) is 4. The van der Waals surface area contributed by atoms with E-state index >= 15 is 0 Å². The predicted octanol–water partition coefficient (Wildman–Crippen LogP) is 1.73. The second-order valence-electron chi connectivity index (χ2n) is 6.28. The molecule has 0 spiro atoms. The molecule has 0 amide bonds. The van der Waals surface area contributed by atoms with Gasteiger partial charge in [0.2, 0.25) is 5.78 Å². The number of H-pyrrole nitrogens is 1. The molecule has 0 radical (unpaired) electrons. The van der Waals surface area contributed by atoms with Gasteiger partial charge in [-0.1, -0.05) is 6.42 Å². The number of fused-ring (bicyclic) bond motifs is 1. The maximum atomic E-state index is 12.3. The molecule has 2 aliphatic rings. The first kappa shape index (κ1) is 14.0. The lowest BCUT2D eigenvalue weighted by Gasteiger charge is -2.42. The van der Waals surface area contributed by atoms with Gasteiger partial charge in [-0.3, -0.25) is 14.1 Å². The van der Waals surface area contributed by atoms with Crippen LogP contribution in [-0.2, 0) is 4.74 Å². The van der Waals surface area contributed by atoms with Crippen molar-refractivity contribution in [3.8, 4) is 0 Å². The molecule has 0 saturated carbocycles. The largest absolute Gasteiger partial charge is 0.381 e. The molecule has 0 aliphatic carbocycles. The summed E-state index contributed by atoms with van der Waals surface area (Å²) in [7, 11) is 0. The van der Waals surface area contributed by atoms with E-state index in [9.17, 15) is 4.79 Å². The van der Waals surface area contributed by atoms with Gasteiger partial charge >= 0.3 is 0 Å². The van der Waals surface area contributed by atoms with E-state index in [1.807, 2.05) is 0 Å². The molecule has 6 nitrogen and oxygen atoms in total. The van der Waals surface area contributed by atoms with E-state index < -0.39 is 0 Å². The van der Waals surface area contributed by atoms with Crippen molar-refractivity contribution >= 4 is 5.78 Å². The van der Waals surface area contributed by atoms with Gasteiger partial charge < -0.3 is 9.72 Å². The highest BCUT2D eigenvalue weighted by atomic mass is 16.5. The fourth-order valence-electron chi connectivity index (χ4n) is 3.86. The molecule has 4 heterocycles. The van der Waals surface area contributed by atoms with Crippen molar-refractivity contribution < 1.29 is 4.74 Å². The Kier molecular flexibility index (Phi) is 3.72. The standard InChI is InChI=1S/C16H22N4O2/c21-15-11-13(18-16-17-6-8-20(15)16)14-3-1-2-7-19(14)12-4-9-22-10-5-12/h6,8,11-12,14H,1-5,7,9-10H2,(H,17,18). The Bertz CT molecular complexity index is 701. The molecule has 0 aromatic carbocycles. The molecular formula is C16H22N4O2. The highest BCUT2D eigenvalue weighted by Crippen LogP contribution is 2.33. The fourth-order valence-corrected chi connectivity index (χ4v) is 3.86. The number of rotatable bonds is 2. The van der Waals surface area contributed by atoms with E-state index in [4.69, 9.17) is 4.74 Å². The molecule has 6 heteroatoms. The molecule has 2 saturated heterocycles. The SMILES string of the molecule is O=c1cc(C2CCCCN2C2CCOCC2)[nH]c2nccn12. The summed E-state index contributed by atoms with van der Waals surface area (Å²) in [6.07, 6.45) is 9.10. The molecular weight excluding hydrogens is 280 g/mol. The quantitative estimate of drug-likeness (QED) is 0.917. The normalized spacial score (nSPS) is 24.8. The number of aromatic nitrogens is 3. The zero-order valence-electron chi connectivity index (χ0n) is 12.7. The Morgan fingerprint density at radius 3 is 2.95 bits per heavy atom. The van der Waals surface area contributed by atoms with Crippen LogP contribution in [0, 0.1) is 0 Å². The van der Waals surface area contributed by atoms with Crippen molar-refractivity contribution in [1.82, 2.24) is 19.3 Å². The summed E-state index contributed by atoms with van der Waals surface area (Å²) in [6.45, 7) is 2.81. The van der Waals surface area contributed by atoms with Gasteiger partial charge in [-0.05, 0) is 32.2 Å². The average Bonchev–Trinajstić information content (AvgIpc) is 3.05. The van der Waals surface area contributed by atoms with Crippen molar-refractivity contribution in [3.05, 3.63) is 34.5 Å². The summed E-state index contributed by atoms with van der Waals surface area (Å²) in [5.74, 6) is 0.639. The topological polar surface area (TPSA) is 62.6 Å². The zero-order valence-corrected chi connectivity index (χ0v) is 12.7. The molecule has 2 aromatic heterocycles. The van der Waals surface area contributed by atoms with Gasteiger partial charge in [0.05, 0.1) is 6.04 Å². The van der Waals surface area contributed by atoms with Crippen LogP contribution in [0.4, 0.5) is 0 Å². The van der Waals surface area contributed by atoms with E-state index in [-0.39, 0.29) is 5.56 Å². The molecule has 2 fully saturated rings. The minimum absolute atomic E-state index is 0.00116. The third-order valence-corrected chi connectivity index (χ3v) is 4.98. The summed E-state index contributed by atoms with van der Waals surface area (Å²) in [4.78, 5) is 22.4. The van der Waals surface area contributed by atoms with Crippen LogP contribution in [0.25, 0.3) is 5.78 Å². The molecule has 2 aromatic rings. The second-order valence-corrected chi connectivity index (χ2v) is 6.28. The summed E-state index contributed by atoms with van der Waals surface area (Å²) in [5, 5.41) is 0. The molecule has 22 heavy (non-hydrogen) atoms. The lowest BCUT2D eigenvalue weighted by atomic mass is 9.94. The number of nitrogens with one attached hydrogen (secondary N) is 1. The van der Waals surface area contributed by atoms with Crippen LogP contribution >= 0.6 is 0 Å². The van der Waals surface area contributed by atoms with Gasteiger partial charge in [-0.2, -0.15) is 0 Å². The minimum atomic E-state index is -0.00116. The number of imidazole rings is 1. The Morgan fingerprint density at radius 2 is 2.09 bits per heavy atom. The monoisotopic (exact) mass is 302 g/mol. The van der Waals surface area contributed by atoms with Crippen LogP contribution in [0.1, 0.15) is 43.8 Å². The Morgan fingerprint density at radius 1 is 1.23 bits per heavy atom. The number of aromatic amines is 1. The van der Waals surface area contributed by atoms with E-state index in [0.29, 0.717) is 17.9 Å². The number of hydrogen-bond donors (Lipinski definition) is 1. The lowest BCUT2D eigenvalue weighted by Crippen LogP contribution is -2.44. The molecule has 1 unspecified atom stereocenters. The number of piperidine rings is 1. The Labute approximate surface area is 129 Å². The van der Waals surface area contributed by atoms with Crippen molar-refractivity contribution in [2.24, 2.45) is 0 Å². The minimum Gasteiger partial charge on any atom is -0.381 e. The summed E-state index contributed by atoms with van der Waals surface area (Å²) in [5.41, 5.74) is 1.01. The maximum Gasteiger partial charge on any atom is 0.259 e. The zero-order chi connectivity index (χ0) is 14.9. The molecule has 1 N–H and O–H groups in total. The van der Waals surface area contributed by atoms with Gasteiger partial charge in [0.15, 0.2) is 0 Å². The van der Waals surface area contributed by atoms with Crippen LogP contribution in [0.15, 0.2) is 23.3 Å². The first-order chi connectivity index (χ1) is 10.8. The number of nitrogens with zero attached hydrogens (tertiary/aromatic N) is 3. The summed E-state index contributed by atoms with van der Waals surface area (Å²) in [6, 6.07) is 2.61. The summed E-state index contributed by atoms with van der Waals surface area (Å²) < 4.78 is 7.06. The van der Waals surface area contributed by atoms with E-state index in [0.717, 1.165) is 44.7 Å². The smallest absolute Gasteiger partial charge is 0.259 e. The van der Waals surface area contributed by atoms with Crippen molar-refractivity contribution in [2.75, 3.05) is 19.8 Å². The number of ether oxygens (including phenoxy) is 1. The highest BCUT2D eigenvalue weighted by molar-refractivity contribution is 5.30. The average molecular weight is 302 g/mol.